The van der Waals surface area contributed by atoms with Gasteiger partial charge >= 0.3 is 0 Å². The number of rotatable bonds is 4. The van der Waals surface area contributed by atoms with Crippen molar-refractivity contribution in [3.8, 4) is 0 Å². The van der Waals surface area contributed by atoms with E-state index >= 15 is 0 Å². The Kier molecular flexibility index (Phi) is 4.14. The van der Waals surface area contributed by atoms with Crippen LogP contribution in [0.15, 0.2) is 53.0 Å². The van der Waals surface area contributed by atoms with E-state index in [1.165, 1.54) is 18.1 Å². The molecule has 1 aliphatic carbocycles. The van der Waals surface area contributed by atoms with Crippen LogP contribution in [-0.4, -0.2) is 6.04 Å². The van der Waals surface area contributed by atoms with Crippen molar-refractivity contribution >= 4 is 15.9 Å². The van der Waals surface area contributed by atoms with Crippen LogP contribution < -0.4 is 5.73 Å². The predicted molar refractivity (Wildman–Crippen MR) is 87.8 cm³/mol. The number of nitrogens with two attached hydrogens (primary N) is 1. The molecule has 1 nitrogen and oxygen atoms in total. The Labute approximate surface area is 133 Å². The van der Waals surface area contributed by atoms with E-state index in [-0.39, 0.29) is 17.3 Å². The van der Waals surface area contributed by atoms with E-state index in [0.717, 1.165) is 17.3 Å². The molecule has 0 aromatic heterocycles. The highest BCUT2D eigenvalue weighted by atomic mass is 79.9. The summed E-state index contributed by atoms with van der Waals surface area (Å²) < 4.78 is 14.9. The Morgan fingerprint density at radius 3 is 2.48 bits per heavy atom. The maximum Gasteiger partial charge on any atom is 0.126 e. The quantitative estimate of drug-likeness (QED) is 0.860. The summed E-state index contributed by atoms with van der Waals surface area (Å²) in [6.07, 6.45) is 3.95. The average molecular weight is 348 g/mol. The molecule has 0 spiro atoms. The summed E-state index contributed by atoms with van der Waals surface area (Å²) in [5.41, 5.74) is 8.51. The maximum absolute atomic E-state index is 14.0. The molecule has 21 heavy (non-hydrogen) atoms. The van der Waals surface area contributed by atoms with Crippen molar-refractivity contribution in [1.82, 2.24) is 0 Å². The Morgan fingerprint density at radius 1 is 1.14 bits per heavy atom. The van der Waals surface area contributed by atoms with Gasteiger partial charge in [-0.3, -0.25) is 0 Å². The zero-order valence-corrected chi connectivity index (χ0v) is 13.4. The molecule has 2 N–H and O–H groups in total. The van der Waals surface area contributed by atoms with Gasteiger partial charge in [-0.2, -0.15) is 0 Å². The molecule has 0 radical (unpaired) electrons. The fourth-order valence-electron chi connectivity index (χ4n) is 3.33. The van der Waals surface area contributed by atoms with Gasteiger partial charge in [0.15, 0.2) is 0 Å². The zero-order valence-electron chi connectivity index (χ0n) is 11.9. The third-order valence-corrected chi connectivity index (χ3v) is 5.25. The lowest BCUT2D eigenvalue weighted by molar-refractivity contribution is 0.193. The van der Waals surface area contributed by atoms with E-state index in [1.807, 2.05) is 12.1 Å². The first-order valence-corrected chi connectivity index (χ1v) is 8.16. The Hall–Kier alpha value is -1.19. The van der Waals surface area contributed by atoms with Crippen LogP contribution in [0.25, 0.3) is 0 Å². The molecular formula is C18H19BrFN. The largest absolute Gasteiger partial charge is 0.327 e. The topological polar surface area (TPSA) is 26.0 Å². The fraction of sp³-hybridized carbons (Fsp3) is 0.333. The molecule has 3 heteroatoms. The standard InChI is InChI=1S/C18H19BrFN/c19-15-7-8-16(20)13(11-15)12-17(21)18(9-4-10-18)14-5-2-1-3-6-14/h1-3,5-8,11,17H,4,9-10,12,21H2. The van der Waals surface area contributed by atoms with E-state index in [0.29, 0.717) is 12.0 Å². The van der Waals surface area contributed by atoms with E-state index < -0.39 is 0 Å². The van der Waals surface area contributed by atoms with Gasteiger partial charge in [0, 0.05) is 15.9 Å². The van der Waals surface area contributed by atoms with Crippen LogP contribution >= 0.6 is 15.9 Å². The van der Waals surface area contributed by atoms with Crippen molar-refractivity contribution in [3.05, 3.63) is 69.9 Å². The minimum absolute atomic E-state index is 0.00994. The SMILES string of the molecule is NC(Cc1cc(Br)ccc1F)C1(c2ccccc2)CCC1. The molecule has 0 amide bonds. The van der Waals surface area contributed by atoms with Gasteiger partial charge < -0.3 is 5.73 Å². The smallest absolute Gasteiger partial charge is 0.126 e. The Morgan fingerprint density at radius 2 is 1.86 bits per heavy atom. The number of halogens is 2. The molecule has 110 valence electrons. The summed E-state index contributed by atoms with van der Waals surface area (Å²) in [4.78, 5) is 0. The van der Waals surface area contributed by atoms with Crippen molar-refractivity contribution < 1.29 is 4.39 Å². The van der Waals surface area contributed by atoms with Crippen LogP contribution in [0.3, 0.4) is 0 Å². The highest BCUT2D eigenvalue weighted by molar-refractivity contribution is 9.10. The number of hydrogen-bond acceptors (Lipinski definition) is 1. The molecule has 0 aliphatic heterocycles. The normalized spacial score (nSPS) is 18.0. The van der Waals surface area contributed by atoms with Crippen LogP contribution in [-0.2, 0) is 11.8 Å². The molecule has 2 aromatic rings. The lowest BCUT2D eigenvalue weighted by Gasteiger charge is -2.47. The maximum atomic E-state index is 14.0. The van der Waals surface area contributed by atoms with Crippen molar-refractivity contribution in [1.29, 1.82) is 0 Å². The van der Waals surface area contributed by atoms with Gasteiger partial charge in [-0.05, 0) is 48.6 Å². The first-order valence-electron chi connectivity index (χ1n) is 7.37. The molecule has 1 fully saturated rings. The van der Waals surface area contributed by atoms with Crippen molar-refractivity contribution in [2.24, 2.45) is 5.73 Å². The second-order valence-electron chi connectivity index (χ2n) is 5.92. The summed E-state index contributed by atoms with van der Waals surface area (Å²) in [7, 11) is 0. The average Bonchev–Trinajstić information content (AvgIpc) is 2.43. The van der Waals surface area contributed by atoms with Gasteiger partial charge in [0.25, 0.3) is 0 Å². The third-order valence-electron chi connectivity index (χ3n) is 4.75. The highest BCUT2D eigenvalue weighted by Gasteiger charge is 2.43. The summed E-state index contributed by atoms with van der Waals surface area (Å²) in [6.45, 7) is 0. The van der Waals surface area contributed by atoms with E-state index in [2.05, 4.69) is 40.2 Å². The molecule has 0 saturated heterocycles. The summed E-state index contributed by atoms with van der Waals surface area (Å²) in [5, 5.41) is 0. The summed E-state index contributed by atoms with van der Waals surface area (Å²) >= 11 is 3.41. The number of benzene rings is 2. The van der Waals surface area contributed by atoms with Crippen molar-refractivity contribution in [2.45, 2.75) is 37.1 Å². The highest BCUT2D eigenvalue weighted by Crippen LogP contribution is 2.46. The monoisotopic (exact) mass is 347 g/mol. The van der Waals surface area contributed by atoms with Gasteiger partial charge in [-0.1, -0.05) is 52.7 Å². The van der Waals surface area contributed by atoms with Gasteiger partial charge in [0.1, 0.15) is 5.82 Å². The molecule has 1 atom stereocenters. The van der Waals surface area contributed by atoms with Gasteiger partial charge in [0.05, 0.1) is 0 Å². The van der Waals surface area contributed by atoms with Gasteiger partial charge in [-0.15, -0.1) is 0 Å². The van der Waals surface area contributed by atoms with E-state index in [1.54, 1.807) is 6.07 Å². The third kappa shape index (κ3) is 2.77. The molecular weight excluding hydrogens is 329 g/mol. The minimum Gasteiger partial charge on any atom is -0.327 e. The van der Waals surface area contributed by atoms with E-state index in [4.69, 9.17) is 5.73 Å². The molecule has 1 unspecified atom stereocenters. The second-order valence-corrected chi connectivity index (χ2v) is 6.84. The van der Waals surface area contributed by atoms with Crippen LogP contribution in [0.2, 0.25) is 0 Å². The first-order chi connectivity index (χ1) is 10.1. The molecule has 3 rings (SSSR count). The first kappa shape index (κ1) is 14.7. The molecule has 2 aromatic carbocycles. The van der Waals surface area contributed by atoms with Crippen LogP contribution in [0.1, 0.15) is 30.4 Å². The van der Waals surface area contributed by atoms with Crippen LogP contribution in [0.5, 0.6) is 0 Å². The van der Waals surface area contributed by atoms with E-state index in [9.17, 15) is 4.39 Å². The lowest BCUT2D eigenvalue weighted by Crippen LogP contribution is -2.51. The van der Waals surface area contributed by atoms with Crippen LogP contribution in [0, 0.1) is 5.82 Å². The Bertz CT molecular complexity index is 622. The summed E-state index contributed by atoms with van der Waals surface area (Å²) in [5.74, 6) is -0.170. The summed E-state index contributed by atoms with van der Waals surface area (Å²) in [6, 6.07) is 15.4. The minimum atomic E-state index is -0.170. The lowest BCUT2D eigenvalue weighted by atomic mass is 9.59. The molecule has 0 bridgehead atoms. The zero-order chi connectivity index (χ0) is 14.9. The second kappa shape index (κ2) is 5.90. The van der Waals surface area contributed by atoms with Crippen molar-refractivity contribution in [2.75, 3.05) is 0 Å². The molecule has 0 heterocycles. The van der Waals surface area contributed by atoms with Gasteiger partial charge in [0.2, 0.25) is 0 Å². The molecule has 1 saturated carbocycles. The predicted octanol–water partition coefficient (Wildman–Crippen LogP) is 4.58. The van der Waals surface area contributed by atoms with Crippen molar-refractivity contribution in [3.63, 3.8) is 0 Å². The fourth-order valence-corrected chi connectivity index (χ4v) is 3.74. The van der Waals surface area contributed by atoms with Gasteiger partial charge in [-0.25, -0.2) is 4.39 Å². The molecule has 1 aliphatic rings. The Balaban J connectivity index is 1.87. The number of hydrogen-bond donors (Lipinski definition) is 1. The van der Waals surface area contributed by atoms with Crippen LogP contribution in [0.4, 0.5) is 4.39 Å².